The van der Waals surface area contributed by atoms with Crippen LogP contribution >= 0.6 is 0 Å². The van der Waals surface area contributed by atoms with Crippen molar-refractivity contribution in [3.05, 3.63) is 36.3 Å². The number of epoxide rings is 1. The van der Waals surface area contributed by atoms with E-state index >= 15 is 0 Å². The summed E-state index contributed by atoms with van der Waals surface area (Å²) < 4.78 is 23.8. The van der Waals surface area contributed by atoms with E-state index in [4.69, 9.17) is 9.47 Å². The average Bonchev–Trinajstić information content (AvgIpc) is 3.10. The molecule has 3 nitrogen and oxygen atoms in total. The van der Waals surface area contributed by atoms with E-state index in [9.17, 15) is 4.39 Å². The van der Waals surface area contributed by atoms with Crippen molar-refractivity contribution in [1.82, 2.24) is 4.98 Å². The lowest BCUT2D eigenvalue weighted by atomic mass is 10.2. The first kappa shape index (κ1) is 9.54. The zero-order valence-electron chi connectivity index (χ0n) is 8.52. The summed E-state index contributed by atoms with van der Waals surface area (Å²) in [6.07, 6.45) is 1.75. The molecule has 3 rings (SSSR count). The number of fused-ring (bicyclic) bond motifs is 1. The topological polar surface area (TPSA) is 34.6 Å². The van der Waals surface area contributed by atoms with Gasteiger partial charge in [0.25, 0.3) is 0 Å². The van der Waals surface area contributed by atoms with Crippen molar-refractivity contribution in [1.29, 1.82) is 0 Å². The zero-order valence-corrected chi connectivity index (χ0v) is 8.52. The molecule has 82 valence electrons. The second-order valence-electron chi connectivity index (χ2n) is 3.75. The van der Waals surface area contributed by atoms with Crippen LogP contribution in [0.3, 0.4) is 0 Å². The molecule has 0 saturated carbocycles. The van der Waals surface area contributed by atoms with E-state index in [1.54, 1.807) is 12.1 Å². The lowest BCUT2D eigenvalue weighted by molar-refractivity contribution is 0.262. The van der Waals surface area contributed by atoms with Crippen LogP contribution in [0.5, 0.6) is 5.75 Å². The Hall–Kier alpha value is -1.68. The molecule has 0 spiro atoms. The van der Waals surface area contributed by atoms with Gasteiger partial charge in [0.2, 0.25) is 0 Å². The molecule has 4 heteroatoms. The Morgan fingerprint density at radius 3 is 3.19 bits per heavy atom. The molecule has 0 bridgehead atoms. The van der Waals surface area contributed by atoms with E-state index in [-0.39, 0.29) is 11.9 Å². The molecular weight excluding hydrogens is 209 g/mol. The number of hydrogen-bond acceptors (Lipinski definition) is 3. The lowest BCUT2D eigenvalue weighted by Gasteiger charge is -2.05. The maximum Gasteiger partial charge on any atom is 0.149 e. The van der Waals surface area contributed by atoms with Crippen molar-refractivity contribution in [3.63, 3.8) is 0 Å². The fraction of sp³-hybridized carbons (Fsp3) is 0.250. The van der Waals surface area contributed by atoms with Gasteiger partial charge in [-0.3, -0.25) is 0 Å². The van der Waals surface area contributed by atoms with Crippen LogP contribution in [0.1, 0.15) is 0 Å². The van der Waals surface area contributed by atoms with E-state index in [1.165, 1.54) is 12.3 Å². The highest BCUT2D eigenvalue weighted by atomic mass is 19.1. The van der Waals surface area contributed by atoms with Gasteiger partial charge in [-0.15, -0.1) is 0 Å². The molecule has 1 aromatic heterocycles. The first-order valence-corrected chi connectivity index (χ1v) is 5.11. The van der Waals surface area contributed by atoms with Crippen molar-refractivity contribution in [2.24, 2.45) is 0 Å². The third-order valence-corrected chi connectivity index (χ3v) is 2.47. The fourth-order valence-corrected chi connectivity index (χ4v) is 1.54. The molecule has 1 aliphatic heterocycles. The number of halogens is 1. The summed E-state index contributed by atoms with van der Waals surface area (Å²) in [6, 6.07) is 6.65. The van der Waals surface area contributed by atoms with Crippen molar-refractivity contribution >= 4 is 10.9 Å². The second-order valence-corrected chi connectivity index (χ2v) is 3.75. The van der Waals surface area contributed by atoms with Crippen LogP contribution in [0.4, 0.5) is 4.39 Å². The summed E-state index contributed by atoms with van der Waals surface area (Å²) in [5.41, 5.74) is 0.373. The first-order chi connectivity index (χ1) is 7.83. The number of benzene rings is 1. The number of ether oxygens (including phenoxy) is 2. The summed E-state index contributed by atoms with van der Waals surface area (Å²) in [4.78, 5) is 4.04. The average molecular weight is 219 g/mol. The number of para-hydroxylation sites is 1. The van der Waals surface area contributed by atoms with E-state index < -0.39 is 0 Å². The van der Waals surface area contributed by atoms with Gasteiger partial charge < -0.3 is 9.47 Å². The highest BCUT2D eigenvalue weighted by molar-refractivity contribution is 5.80. The molecule has 2 heterocycles. The molecule has 1 aliphatic rings. The highest BCUT2D eigenvalue weighted by Gasteiger charge is 2.23. The summed E-state index contributed by atoms with van der Waals surface area (Å²) in [5.74, 6) is 0.336. The Bertz CT molecular complexity index is 525. The molecule has 1 saturated heterocycles. The third kappa shape index (κ3) is 1.84. The summed E-state index contributed by atoms with van der Waals surface area (Å²) >= 11 is 0. The van der Waals surface area contributed by atoms with Gasteiger partial charge in [-0.1, -0.05) is 12.1 Å². The van der Waals surface area contributed by atoms with Crippen molar-refractivity contribution in [2.75, 3.05) is 13.2 Å². The Kier molecular flexibility index (Phi) is 2.22. The molecule has 2 aromatic rings. The molecule has 0 aliphatic carbocycles. The minimum absolute atomic E-state index is 0.211. The SMILES string of the molecule is Fc1cccc2cc(OCC3CO3)cnc12. The maximum absolute atomic E-state index is 13.3. The van der Waals surface area contributed by atoms with Crippen LogP contribution in [0.15, 0.2) is 30.5 Å². The number of hydrogen-bond donors (Lipinski definition) is 0. The van der Waals surface area contributed by atoms with E-state index in [0.717, 1.165) is 12.0 Å². The van der Waals surface area contributed by atoms with Gasteiger partial charge in [0.1, 0.15) is 29.8 Å². The highest BCUT2D eigenvalue weighted by Crippen LogP contribution is 2.21. The molecule has 0 N–H and O–H groups in total. The quantitative estimate of drug-likeness (QED) is 0.742. The standard InChI is InChI=1S/C12H10FNO2/c13-11-3-1-2-8-4-9(5-14-12(8)11)15-6-10-7-16-10/h1-5,10H,6-7H2. The Labute approximate surface area is 91.8 Å². The number of aromatic nitrogens is 1. The summed E-state index contributed by atoms with van der Waals surface area (Å²) in [7, 11) is 0. The minimum atomic E-state index is -0.311. The van der Waals surface area contributed by atoms with Crippen molar-refractivity contribution in [2.45, 2.75) is 6.10 Å². The van der Waals surface area contributed by atoms with Crippen molar-refractivity contribution in [3.8, 4) is 5.75 Å². The normalized spacial score (nSPS) is 18.7. The largest absolute Gasteiger partial charge is 0.489 e. The van der Waals surface area contributed by atoms with Gasteiger partial charge in [-0.05, 0) is 12.1 Å². The van der Waals surface area contributed by atoms with Crippen LogP contribution in [-0.2, 0) is 4.74 Å². The van der Waals surface area contributed by atoms with Crippen LogP contribution in [0, 0.1) is 5.82 Å². The predicted molar refractivity (Wildman–Crippen MR) is 56.9 cm³/mol. The van der Waals surface area contributed by atoms with Gasteiger partial charge >= 0.3 is 0 Å². The summed E-state index contributed by atoms with van der Waals surface area (Å²) in [6.45, 7) is 1.29. The molecule has 1 unspecified atom stereocenters. The van der Waals surface area contributed by atoms with Crippen LogP contribution < -0.4 is 4.74 Å². The maximum atomic E-state index is 13.3. The monoisotopic (exact) mass is 219 g/mol. The molecule has 1 fully saturated rings. The molecular formula is C12H10FNO2. The molecule has 0 radical (unpaired) electrons. The third-order valence-electron chi connectivity index (χ3n) is 2.47. The second kappa shape index (κ2) is 3.72. The smallest absolute Gasteiger partial charge is 0.149 e. The number of nitrogens with zero attached hydrogens (tertiary/aromatic N) is 1. The van der Waals surface area contributed by atoms with Gasteiger partial charge in [-0.25, -0.2) is 9.37 Å². The van der Waals surface area contributed by atoms with Crippen LogP contribution in [-0.4, -0.2) is 24.3 Å². The molecule has 0 amide bonds. The molecule has 1 aromatic carbocycles. The summed E-state index contributed by atoms with van der Waals surface area (Å²) in [5, 5.41) is 0.745. The van der Waals surface area contributed by atoms with Crippen LogP contribution in [0.2, 0.25) is 0 Å². The Morgan fingerprint density at radius 1 is 1.50 bits per heavy atom. The van der Waals surface area contributed by atoms with E-state index in [1.807, 2.05) is 6.07 Å². The zero-order chi connectivity index (χ0) is 11.0. The fourth-order valence-electron chi connectivity index (χ4n) is 1.54. The number of rotatable bonds is 3. The molecule has 1 atom stereocenters. The minimum Gasteiger partial charge on any atom is -0.489 e. The van der Waals surface area contributed by atoms with Crippen LogP contribution in [0.25, 0.3) is 10.9 Å². The first-order valence-electron chi connectivity index (χ1n) is 5.11. The Balaban J connectivity index is 1.89. The van der Waals surface area contributed by atoms with E-state index in [2.05, 4.69) is 4.98 Å². The predicted octanol–water partition coefficient (Wildman–Crippen LogP) is 2.15. The van der Waals surface area contributed by atoms with E-state index in [0.29, 0.717) is 17.9 Å². The van der Waals surface area contributed by atoms with Gasteiger partial charge in [0, 0.05) is 5.39 Å². The van der Waals surface area contributed by atoms with Crippen molar-refractivity contribution < 1.29 is 13.9 Å². The molecule has 16 heavy (non-hydrogen) atoms. The number of pyridine rings is 1. The lowest BCUT2D eigenvalue weighted by Crippen LogP contribution is -2.04. The van der Waals surface area contributed by atoms with Gasteiger partial charge in [0.05, 0.1) is 12.8 Å². The van der Waals surface area contributed by atoms with Gasteiger partial charge in [-0.2, -0.15) is 0 Å². The van der Waals surface area contributed by atoms with Gasteiger partial charge in [0.15, 0.2) is 0 Å². The Morgan fingerprint density at radius 2 is 2.38 bits per heavy atom.